The van der Waals surface area contributed by atoms with Gasteiger partial charge in [0.1, 0.15) is 11.6 Å². The van der Waals surface area contributed by atoms with Gasteiger partial charge in [-0.2, -0.15) is 0 Å². The van der Waals surface area contributed by atoms with Crippen LogP contribution in [0.1, 0.15) is 48.9 Å². The third-order valence-corrected chi connectivity index (χ3v) is 5.86. The quantitative estimate of drug-likeness (QED) is 0.467. The Hall–Kier alpha value is -2.79. The van der Waals surface area contributed by atoms with Crippen LogP contribution in [0.2, 0.25) is 0 Å². The SMILES string of the molecule is CC1(C)Cc2nc(Cc3cc(F)cc(F)c3)c3[nH]c4ccccc4c3c2[C@H](O)C1. The molecule has 2 aromatic carbocycles. The topological polar surface area (TPSA) is 48.9 Å². The molecule has 5 rings (SSSR count). The molecule has 4 aromatic rings. The van der Waals surface area contributed by atoms with Crippen molar-refractivity contribution in [3.8, 4) is 0 Å². The Kier molecular flexibility index (Phi) is 4.00. The van der Waals surface area contributed by atoms with E-state index in [0.717, 1.165) is 51.2 Å². The predicted molar refractivity (Wildman–Crippen MR) is 110 cm³/mol. The first-order valence-electron chi connectivity index (χ1n) is 9.86. The number of fused-ring (bicyclic) bond motifs is 5. The van der Waals surface area contributed by atoms with Gasteiger partial charge < -0.3 is 10.1 Å². The van der Waals surface area contributed by atoms with Crippen molar-refractivity contribution in [2.24, 2.45) is 5.41 Å². The minimum atomic E-state index is -0.595. The molecule has 2 heterocycles. The zero-order valence-electron chi connectivity index (χ0n) is 16.4. The first-order chi connectivity index (χ1) is 13.8. The number of hydrogen-bond donors (Lipinski definition) is 2. The van der Waals surface area contributed by atoms with Crippen molar-refractivity contribution in [1.29, 1.82) is 0 Å². The zero-order valence-corrected chi connectivity index (χ0v) is 16.4. The Morgan fingerprint density at radius 3 is 2.62 bits per heavy atom. The molecule has 0 radical (unpaired) electrons. The van der Waals surface area contributed by atoms with E-state index in [1.807, 2.05) is 24.3 Å². The standard InChI is InChI=1S/C24H22F2N2O/c1-24(2)11-19-22(20(29)12-24)21-16-5-3-4-6-17(16)28-23(21)18(27-19)9-13-7-14(25)10-15(26)8-13/h3-8,10,20,28-29H,9,11-12H2,1-2H3/t20-/m1/s1. The number of aromatic nitrogens is 2. The van der Waals surface area contributed by atoms with Crippen LogP contribution in [0.3, 0.4) is 0 Å². The second-order valence-corrected chi connectivity index (χ2v) is 8.85. The van der Waals surface area contributed by atoms with Gasteiger partial charge in [-0.3, -0.25) is 4.98 Å². The van der Waals surface area contributed by atoms with Gasteiger partial charge in [-0.1, -0.05) is 32.0 Å². The molecule has 29 heavy (non-hydrogen) atoms. The number of aromatic amines is 1. The Morgan fingerprint density at radius 1 is 1.14 bits per heavy atom. The van der Waals surface area contributed by atoms with Crippen LogP contribution in [0.5, 0.6) is 0 Å². The van der Waals surface area contributed by atoms with Crippen molar-refractivity contribution < 1.29 is 13.9 Å². The molecule has 3 nitrogen and oxygen atoms in total. The van der Waals surface area contributed by atoms with E-state index in [9.17, 15) is 13.9 Å². The van der Waals surface area contributed by atoms with Crippen molar-refractivity contribution in [2.45, 2.75) is 39.2 Å². The van der Waals surface area contributed by atoms with Gasteiger partial charge in [0.15, 0.2) is 0 Å². The lowest BCUT2D eigenvalue weighted by atomic mass is 9.74. The molecule has 0 bridgehead atoms. The van der Waals surface area contributed by atoms with E-state index in [2.05, 4.69) is 18.8 Å². The Morgan fingerprint density at radius 2 is 1.86 bits per heavy atom. The molecule has 0 saturated carbocycles. The van der Waals surface area contributed by atoms with E-state index < -0.39 is 17.7 Å². The van der Waals surface area contributed by atoms with Gasteiger partial charge in [-0.05, 0) is 42.0 Å². The van der Waals surface area contributed by atoms with Gasteiger partial charge in [0.05, 0.1) is 17.3 Å². The molecule has 0 aliphatic heterocycles. The number of aliphatic hydroxyl groups excluding tert-OH is 1. The molecule has 0 amide bonds. The number of para-hydroxylation sites is 1. The van der Waals surface area contributed by atoms with Crippen molar-refractivity contribution in [3.05, 3.63) is 76.6 Å². The fourth-order valence-electron chi connectivity index (χ4n) is 4.74. The second kappa shape index (κ2) is 6.36. The first-order valence-corrected chi connectivity index (χ1v) is 9.86. The van der Waals surface area contributed by atoms with Crippen LogP contribution < -0.4 is 0 Å². The average Bonchev–Trinajstić information content (AvgIpc) is 2.99. The minimum Gasteiger partial charge on any atom is -0.388 e. The number of rotatable bonds is 2. The third kappa shape index (κ3) is 3.10. The summed E-state index contributed by atoms with van der Waals surface area (Å²) in [6, 6.07) is 11.5. The molecule has 0 saturated heterocycles. The summed E-state index contributed by atoms with van der Waals surface area (Å²) in [5.74, 6) is -1.19. The van der Waals surface area contributed by atoms with Crippen LogP contribution in [0.15, 0.2) is 42.5 Å². The van der Waals surface area contributed by atoms with Crippen LogP contribution in [-0.2, 0) is 12.8 Å². The summed E-state index contributed by atoms with van der Waals surface area (Å²) in [7, 11) is 0. The average molecular weight is 392 g/mol. The van der Waals surface area contributed by atoms with Gasteiger partial charge in [0.25, 0.3) is 0 Å². The van der Waals surface area contributed by atoms with Crippen LogP contribution >= 0.6 is 0 Å². The number of pyridine rings is 1. The largest absolute Gasteiger partial charge is 0.388 e. The number of aliphatic hydroxyl groups is 1. The van der Waals surface area contributed by atoms with Crippen LogP contribution in [0.25, 0.3) is 21.8 Å². The molecule has 2 aromatic heterocycles. The van der Waals surface area contributed by atoms with Crippen LogP contribution in [-0.4, -0.2) is 15.1 Å². The normalized spacial score (nSPS) is 18.3. The summed E-state index contributed by atoms with van der Waals surface area (Å²) in [5, 5.41) is 13.0. The van der Waals surface area contributed by atoms with Crippen molar-refractivity contribution in [3.63, 3.8) is 0 Å². The lowest BCUT2D eigenvalue weighted by Crippen LogP contribution is -2.27. The maximum Gasteiger partial charge on any atom is 0.126 e. The molecular weight excluding hydrogens is 370 g/mol. The number of nitrogens with one attached hydrogen (secondary N) is 1. The summed E-state index contributed by atoms with van der Waals surface area (Å²) in [4.78, 5) is 8.33. The lowest BCUT2D eigenvalue weighted by Gasteiger charge is -2.34. The molecule has 1 aliphatic rings. The predicted octanol–water partition coefficient (Wildman–Crippen LogP) is 5.59. The molecular formula is C24H22F2N2O. The summed E-state index contributed by atoms with van der Waals surface area (Å²) in [5.41, 5.74) is 4.75. The van der Waals surface area contributed by atoms with Crippen molar-refractivity contribution >= 4 is 21.8 Å². The molecule has 1 aliphatic carbocycles. The highest BCUT2D eigenvalue weighted by atomic mass is 19.1. The van der Waals surface area contributed by atoms with E-state index >= 15 is 0 Å². The summed E-state index contributed by atoms with van der Waals surface area (Å²) in [6.45, 7) is 4.25. The molecule has 0 spiro atoms. The second-order valence-electron chi connectivity index (χ2n) is 8.85. The molecule has 5 heteroatoms. The van der Waals surface area contributed by atoms with Gasteiger partial charge in [0, 0.05) is 40.0 Å². The fraction of sp³-hybridized carbons (Fsp3) is 0.292. The molecule has 2 N–H and O–H groups in total. The highest BCUT2D eigenvalue weighted by Gasteiger charge is 2.35. The maximum atomic E-state index is 13.7. The summed E-state index contributed by atoms with van der Waals surface area (Å²) >= 11 is 0. The summed E-state index contributed by atoms with van der Waals surface area (Å²) in [6.07, 6.45) is 1.13. The van der Waals surface area contributed by atoms with Crippen LogP contribution in [0, 0.1) is 17.0 Å². The van der Waals surface area contributed by atoms with E-state index in [0.29, 0.717) is 18.4 Å². The number of benzene rings is 2. The van der Waals surface area contributed by atoms with Gasteiger partial charge in [0.2, 0.25) is 0 Å². The highest BCUT2D eigenvalue weighted by Crippen LogP contribution is 2.45. The van der Waals surface area contributed by atoms with Crippen molar-refractivity contribution in [1.82, 2.24) is 9.97 Å². The third-order valence-electron chi connectivity index (χ3n) is 5.86. The number of halogens is 2. The molecule has 0 fully saturated rings. The van der Waals surface area contributed by atoms with Gasteiger partial charge in [-0.25, -0.2) is 8.78 Å². The Balaban J connectivity index is 1.79. The highest BCUT2D eigenvalue weighted by molar-refractivity contribution is 6.10. The van der Waals surface area contributed by atoms with Crippen LogP contribution in [0.4, 0.5) is 8.78 Å². The fourth-order valence-corrected chi connectivity index (χ4v) is 4.74. The molecule has 0 unspecified atom stereocenters. The summed E-state index contributed by atoms with van der Waals surface area (Å²) < 4.78 is 27.5. The monoisotopic (exact) mass is 392 g/mol. The first kappa shape index (κ1) is 18.3. The number of hydrogen-bond acceptors (Lipinski definition) is 2. The smallest absolute Gasteiger partial charge is 0.126 e. The zero-order chi connectivity index (χ0) is 20.3. The minimum absolute atomic E-state index is 0.0680. The van der Waals surface area contributed by atoms with E-state index in [1.54, 1.807) is 0 Å². The Bertz CT molecular complexity index is 1240. The number of H-pyrrole nitrogens is 1. The number of nitrogens with zero attached hydrogens (tertiary/aromatic N) is 1. The lowest BCUT2D eigenvalue weighted by molar-refractivity contribution is 0.0997. The van der Waals surface area contributed by atoms with E-state index in [-0.39, 0.29) is 5.41 Å². The molecule has 1 atom stereocenters. The van der Waals surface area contributed by atoms with E-state index in [1.165, 1.54) is 12.1 Å². The Labute approximate surface area is 167 Å². The van der Waals surface area contributed by atoms with E-state index in [4.69, 9.17) is 4.98 Å². The van der Waals surface area contributed by atoms with Gasteiger partial charge >= 0.3 is 0 Å². The van der Waals surface area contributed by atoms with Gasteiger partial charge in [-0.15, -0.1) is 0 Å². The van der Waals surface area contributed by atoms with Crippen molar-refractivity contribution in [2.75, 3.05) is 0 Å². The maximum absolute atomic E-state index is 13.7. The molecule has 148 valence electrons.